The third-order valence-electron chi connectivity index (χ3n) is 3.20. The Labute approximate surface area is 108 Å². The van der Waals surface area contributed by atoms with E-state index in [2.05, 4.69) is 24.0 Å². The number of aromatic nitrogens is 4. The monoisotopic (exact) mass is 247 g/mol. The minimum absolute atomic E-state index is 0.564. The molecule has 0 bridgehead atoms. The Balaban J connectivity index is 2.35. The summed E-state index contributed by atoms with van der Waals surface area (Å²) in [6, 6.07) is 2.02. The van der Waals surface area contributed by atoms with Crippen LogP contribution in [0.3, 0.4) is 0 Å². The van der Waals surface area contributed by atoms with Crippen molar-refractivity contribution in [2.45, 2.75) is 39.8 Å². The summed E-state index contributed by atoms with van der Waals surface area (Å²) < 4.78 is 3.86. The van der Waals surface area contributed by atoms with Gasteiger partial charge >= 0.3 is 0 Å². The van der Waals surface area contributed by atoms with E-state index in [-0.39, 0.29) is 0 Å². The molecule has 0 atom stereocenters. The van der Waals surface area contributed by atoms with Gasteiger partial charge < -0.3 is 5.73 Å². The molecule has 0 aliphatic rings. The van der Waals surface area contributed by atoms with Crippen molar-refractivity contribution in [1.82, 2.24) is 19.6 Å². The zero-order valence-corrected chi connectivity index (χ0v) is 11.3. The first kappa shape index (κ1) is 12.8. The highest BCUT2D eigenvalue weighted by molar-refractivity contribution is 5.27. The molecule has 2 aromatic heterocycles. The molecular formula is C13H21N5. The third-order valence-corrected chi connectivity index (χ3v) is 3.20. The fourth-order valence-electron chi connectivity index (χ4n) is 2.34. The molecular weight excluding hydrogens is 226 g/mol. The molecule has 2 N–H and O–H groups in total. The molecule has 2 heterocycles. The average molecular weight is 247 g/mol. The molecule has 0 amide bonds. The van der Waals surface area contributed by atoms with Crippen LogP contribution in [0.1, 0.15) is 36.5 Å². The van der Waals surface area contributed by atoms with Gasteiger partial charge in [0.15, 0.2) is 0 Å². The van der Waals surface area contributed by atoms with Gasteiger partial charge in [0, 0.05) is 31.0 Å². The summed E-state index contributed by atoms with van der Waals surface area (Å²) in [6.07, 6.45) is 3.83. The largest absolute Gasteiger partial charge is 0.326 e. The van der Waals surface area contributed by atoms with Crippen molar-refractivity contribution in [3.8, 4) is 0 Å². The van der Waals surface area contributed by atoms with Crippen LogP contribution in [0.4, 0.5) is 0 Å². The second-order valence-corrected chi connectivity index (χ2v) is 4.42. The lowest BCUT2D eigenvalue weighted by Gasteiger charge is -2.05. The zero-order valence-electron chi connectivity index (χ0n) is 11.3. The third kappa shape index (κ3) is 2.31. The van der Waals surface area contributed by atoms with Crippen LogP contribution in [0.2, 0.25) is 0 Å². The molecule has 0 aliphatic heterocycles. The molecule has 0 aromatic carbocycles. The second kappa shape index (κ2) is 5.35. The molecule has 0 unspecified atom stereocenters. The minimum Gasteiger partial charge on any atom is -0.326 e. The van der Waals surface area contributed by atoms with Crippen LogP contribution < -0.4 is 5.73 Å². The van der Waals surface area contributed by atoms with Gasteiger partial charge in [0.05, 0.1) is 17.9 Å². The summed E-state index contributed by atoms with van der Waals surface area (Å²) in [7, 11) is 1.93. The van der Waals surface area contributed by atoms with Gasteiger partial charge in [0.25, 0.3) is 0 Å². The number of aryl methyl sites for hydroxylation is 2. The van der Waals surface area contributed by atoms with E-state index in [0.29, 0.717) is 6.54 Å². The lowest BCUT2D eigenvalue weighted by atomic mass is 10.1. The van der Waals surface area contributed by atoms with E-state index in [9.17, 15) is 0 Å². The minimum atomic E-state index is 0.564. The van der Waals surface area contributed by atoms with Crippen LogP contribution in [-0.2, 0) is 33.0 Å². The molecule has 0 saturated heterocycles. The summed E-state index contributed by atoms with van der Waals surface area (Å²) in [4.78, 5) is 0. The van der Waals surface area contributed by atoms with E-state index >= 15 is 0 Å². The van der Waals surface area contributed by atoms with E-state index in [1.165, 1.54) is 11.3 Å². The van der Waals surface area contributed by atoms with Gasteiger partial charge in [-0.25, -0.2) is 0 Å². The Hall–Kier alpha value is -1.62. The zero-order chi connectivity index (χ0) is 13.1. The molecule has 18 heavy (non-hydrogen) atoms. The first-order valence-electron chi connectivity index (χ1n) is 6.45. The molecule has 5 nitrogen and oxygen atoms in total. The van der Waals surface area contributed by atoms with Crippen molar-refractivity contribution >= 4 is 0 Å². The van der Waals surface area contributed by atoms with E-state index in [1.54, 1.807) is 0 Å². The molecule has 98 valence electrons. The molecule has 0 aliphatic carbocycles. The highest BCUT2D eigenvalue weighted by Crippen LogP contribution is 2.16. The highest BCUT2D eigenvalue weighted by Gasteiger charge is 2.14. The fourth-order valence-corrected chi connectivity index (χ4v) is 2.34. The van der Waals surface area contributed by atoms with E-state index < -0.39 is 0 Å². The van der Waals surface area contributed by atoms with Crippen molar-refractivity contribution < 1.29 is 0 Å². The number of hydrogen-bond donors (Lipinski definition) is 1. The molecule has 0 spiro atoms. The van der Waals surface area contributed by atoms with Crippen LogP contribution in [0.5, 0.6) is 0 Å². The van der Waals surface area contributed by atoms with Crippen LogP contribution in [-0.4, -0.2) is 19.6 Å². The summed E-state index contributed by atoms with van der Waals surface area (Å²) >= 11 is 0. The Bertz CT molecular complexity index is 523. The normalized spacial score (nSPS) is 11.1. The quantitative estimate of drug-likeness (QED) is 0.865. The molecule has 2 aromatic rings. The SMILES string of the molecule is CCc1nn(Cc2ccn(C)n2)c(CC)c1CN. The molecule has 0 radical (unpaired) electrons. The van der Waals surface area contributed by atoms with Gasteiger partial charge in [-0.1, -0.05) is 13.8 Å². The van der Waals surface area contributed by atoms with Crippen LogP contribution in [0.15, 0.2) is 12.3 Å². The topological polar surface area (TPSA) is 61.7 Å². The van der Waals surface area contributed by atoms with Gasteiger partial charge in [-0.05, 0) is 18.9 Å². The number of rotatable bonds is 5. The molecule has 5 heteroatoms. The Kier molecular flexibility index (Phi) is 3.81. The fraction of sp³-hybridized carbons (Fsp3) is 0.538. The molecule has 0 fully saturated rings. The Morgan fingerprint density at radius 3 is 2.50 bits per heavy atom. The van der Waals surface area contributed by atoms with Gasteiger partial charge in [0.1, 0.15) is 0 Å². The molecule has 0 saturated carbocycles. The summed E-state index contributed by atoms with van der Waals surface area (Å²) in [5, 5.41) is 9.06. The Morgan fingerprint density at radius 1 is 1.22 bits per heavy atom. The van der Waals surface area contributed by atoms with Gasteiger partial charge in [-0.2, -0.15) is 10.2 Å². The lowest BCUT2D eigenvalue weighted by Crippen LogP contribution is -2.08. The van der Waals surface area contributed by atoms with Crippen molar-refractivity contribution in [3.63, 3.8) is 0 Å². The maximum absolute atomic E-state index is 5.84. The lowest BCUT2D eigenvalue weighted by molar-refractivity contribution is 0.616. The summed E-state index contributed by atoms with van der Waals surface area (Å²) in [5.74, 6) is 0. The van der Waals surface area contributed by atoms with Crippen molar-refractivity contribution in [3.05, 3.63) is 34.9 Å². The maximum Gasteiger partial charge on any atom is 0.0853 e. The van der Waals surface area contributed by atoms with Crippen LogP contribution >= 0.6 is 0 Å². The summed E-state index contributed by atoms with van der Waals surface area (Å²) in [6.45, 7) is 5.54. The van der Waals surface area contributed by atoms with Crippen molar-refractivity contribution in [2.24, 2.45) is 12.8 Å². The van der Waals surface area contributed by atoms with E-state index in [0.717, 1.165) is 30.8 Å². The van der Waals surface area contributed by atoms with Crippen LogP contribution in [0, 0.1) is 0 Å². The van der Waals surface area contributed by atoms with Crippen molar-refractivity contribution in [1.29, 1.82) is 0 Å². The molecule has 2 rings (SSSR count). The smallest absolute Gasteiger partial charge is 0.0853 e. The van der Waals surface area contributed by atoms with Crippen molar-refractivity contribution in [2.75, 3.05) is 0 Å². The highest BCUT2D eigenvalue weighted by atomic mass is 15.3. The van der Waals surface area contributed by atoms with Gasteiger partial charge in [-0.3, -0.25) is 9.36 Å². The van der Waals surface area contributed by atoms with Gasteiger partial charge in [0.2, 0.25) is 0 Å². The summed E-state index contributed by atoms with van der Waals surface area (Å²) in [5.41, 5.74) is 10.4. The van der Waals surface area contributed by atoms with Gasteiger partial charge in [-0.15, -0.1) is 0 Å². The first-order chi connectivity index (χ1) is 8.69. The standard InChI is InChI=1S/C13H21N5/c1-4-12-11(8-14)13(5-2)18(16-12)9-10-6-7-17(3)15-10/h6-7H,4-5,8-9,14H2,1-3H3. The predicted octanol–water partition coefficient (Wildman–Crippen LogP) is 1.25. The van der Waals surface area contributed by atoms with E-state index in [1.807, 2.05) is 28.7 Å². The number of nitrogens with two attached hydrogens (primary N) is 1. The maximum atomic E-state index is 5.84. The van der Waals surface area contributed by atoms with E-state index in [4.69, 9.17) is 5.73 Å². The number of nitrogens with zero attached hydrogens (tertiary/aromatic N) is 4. The van der Waals surface area contributed by atoms with Crippen LogP contribution in [0.25, 0.3) is 0 Å². The predicted molar refractivity (Wildman–Crippen MR) is 71.2 cm³/mol. The first-order valence-corrected chi connectivity index (χ1v) is 6.45. The second-order valence-electron chi connectivity index (χ2n) is 4.42. The average Bonchev–Trinajstić information content (AvgIpc) is 2.92. The Morgan fingerprint density at radius 2 is 2.00 bits per heavy atom. The number of hydrogen-bond acceptors (Lipinski definition) is 3.